The zero-order valence-corrected chi connectivity index (χ0v) is 18.2. The van der Waals surface area contributed by atoms with E-state index in [0.717, 1.165) is 33.5 Å². The maximum absolute atomic E-state index is 12.5. The van der Waals surface area contributed by atoms with Crippen molar-refractivity contribution in [1.82, 2.24) is 9.55 Å². The second kappa shape index (κ2) is 9.53. The first-order valence-electron chi connectivity index (χ1n) is 9.91. The fourth-order valence-electron chi connectivity index (χ4n) is 3.19. The fraction of sp³-hybridized carbons (Fsp3) is 0.120. The van der Waals surface area contributed by atoms with Crippen LogP contribution < -0.4 is 10.1 Å². The van der Waals surface area contributed by atoms with Gasteiger partial charge in [-0.3, -0.25) is 9.36 Å². The Morgan fingerprint density at radius 1 is 1.00 bits per heavy atom. The van der Waals surface area contributed by atoms with Gasteiger partial charge in [-0.25, -0.2) is 4.98 Å². The second-order valence-electron chi connectivity index (χ2n) is 7.03. The lowest BCUT2D eigenvalue weighted by molar-refractivity contribution is -0.113. The summed E-state index contributed by atoms with van der Waals surface area (Å²) in [7, 11) is 1.62. The van der Waals surface area contributed by atoms with E-state index < -0.39 is 0 Å². The first kappa shape index (κ1) is 20.8. The van der Waals surface area contributed by atoms with Crippen molar-refractivity contribution in [1.29, 1.82) is 0 Å². The average Bonchev–Trinajstić information content (AvgIpc) is 3.23. The maximum Gasteiger partial charge on any atom is 0.234 e. The van der Waals surface area contributed by atoms with E-state index in [1.165, 1.54) is 17.3 Å². The number of nitrogens with one attached hydrogen (secondary N) is 1. The van der Waals surface area contributed by atoms with Crippen LogP contribution in [0.25, 0.3) is 16.9 Å². The first-order valence-corrected chi connectivity index (χ1v) is 10.9. The molecule has 0 saturated heterocycles. The lowest BCUT2D eigenvalue weighted by Crippen LogP contribution is -2.14. The number of amides is 1. The van der Waals surface area contributed by atoms with Gasteiger partial charge in [-0.1, -0.05) is 59.8 Å². The molecule has 1 N–H and O–H groups in total. The van der Waals surface area contributed by atoms with E-state index in [0.29, 0.717) is 0 Å². The van der Waals surface area contributed by atoms with Crippen LogP contribution in [-0.2, 0) is 4.79 Å². The quantitative estimate of drug-likeness (QED) is 0.389. The lowest BCUT2D eigenvalue weighted by Gasteiger charge is -2.12. The number of rotatable bonds is 7. The molecule has 0 aliphatic rings. The Morgan fingerprint density at radius 3 is 2.39 bits per heavy atom. The van der Waals surface area contributed by atoms with Gasteiger partial charge in [0.1, 0.15) is 5.75 Å². The maximum atomic E-state index is 12.5. The molecule has 3 aromatic carbocycles. The number of methoxy groups -OCH3 is 1. The molecule has 0 radical (unpaired) electrons. The van der Waals surface area contributed by atoms with Crippen LogP contribution in [0.5, 0.6) is 5.75 Å². The minimum Gasteiger partial charge on any atom is -0.497 e. The van der Waals surface area contributed by atoms with Crippen LogP contribution in [0.1, 0.15) is 5.56 Å². The Balaban J connectivity index is 1.55. The zero-order chi connectivity index (χ0) is 21.6. The standard InChI is InChI=1S/C25H23N3O2S/c1-18-8-12-21(13-9-18)28-23(19-6-4-3-5-7-19)16-26-25(28)31-17-24(29)27-20-10-14-22(30-2)15-11-20/h3-16H,17H2,1-2H3,(H,27,29). The first-order chi connectivity index (χ1) is 15.1. The molecule has 1 amide bonds. The third-order valence-electron chi connectivity index (χ3n) is 4.80. The van der Waals surface area contributed by atoms with Crippen molar-refractivity contribution in [2.45, 2.75) is 12.1 Å². The van der Waals surface area contributed by atoms with Crippen LogP contribution in [0.4, 0.5) is 5.69 Å². The van der Waals surface area contributed by atoms with Crippen LogP contribution in [0.15, 0.2) is 90.2 Å². The molecular weight excluding hydrogens is 406 g/mol. The van der Waals surface area contributed by atoms with E-state index in [-0.39, 0.29) is 11.7 Å². The van der Waals surface area contributed by atoms with E-state index in [1.807, 2.05) is 48.7 Å². The molecule has 1 heterocycles. The molecule has 4 rings (SSSR count). The monoisotopic (exact) mass is 429 g/mol. The van der Waals surface area contributed by atoms with Crippen molar-refractivity contribution in [3.8, 4) is 22.7 Å². The normalized spacial score (nSPS) is 10.6. The van der Waals surface area contributed by atoms with Crippen molar-refractivity contribution >= 4 is 23.4 Å². The molecule has 1 aromatic heterocycles. The molecule has 0 unspecified atom stereocenters. The molecule has 0 bridgehead atoms. The summed E-state index contributed by atoms with van der Waals surface area (Å²) >= 11 is 1.41. The molecule has 0 aliphatic heterocycles. The molecule has 4 aromatic rings. The Labute approximate surface area is 186 Å². The molecule has 5 nitrogen and oxygen atoms in total. The highest BCUT2D eigenvalue weighted by atomic mass is 32.2. The molecule has 0 saturated carbocycles. The lowest BCUT2D eigenvalue weighted by atomic mass is 10.1. The molecule has 31 heavy (non-hydrogen) atoms. The number of hydrogen-bond acceptors (Lipinski definition) is 4. The van der Waals surface area contributed by atoms with Crippen LogP contribution >= 0.6 is 11.8 Å². The van der Waals surface area contributed by atoms with Crippen molar-refractivity contribution in [2.24, 2.45) is 0 Å². The van der Waals surface area contributed by atoms with Gasteiger partial charge in [-0.2, -0.15) is 0 Å². The topological polar surface area (TPSA) is 56.1 Å². The summed E-state index contributed by atoms with van der Waals surface area (Å²) in [5.41, 5.74) is 5.00. The van der Waals surface area contributed by atoms with Crippen LogP contribution in [0, 0.1) is 6.92 Å². The van der Waals surface area contributed by atoms with Crippen molar-refractivity contribution in [3.63, 3.8) is 0 Å². The van der Waals surface area contributed by atoms with Crippen LogP contribution in [0.3, 0.4) is 0 Å². The number of imidazole rings is 1. The Bertz CT molecular complexity index is 1150. The molecule has 6 heteroatoms. The zero-order valence-electron chi connectivity index (χ0n) is 17.4. The van der Waals surface area contributed by atoms with Crippen LogP contribution in [-0.4, -0.2) is 28.3 Å². The van der Waals surface area contributed by atoms with Gasteiger partial charge in [0.25, 0.3) is 0 Å². The number of nitrogens with zero attached hydrogens (tertiary/aromatic N) is 2. The summed E-state index contributed by atoms with van der Waals surface area (Å²) in [5, 5.41) is 3.69. The summed E-state index contributed by atoms with van der Waals surface area (Å²) in [6.07, 6.45) is 1.86. The predicted octanol–water partition coefficient (Wildman–Crippen LogP) is 5.59. The highest BCUT2D eigenvalue weighted by molar-refractivity contribution is 7.99. The summed E-state index contributed by atoms with van der Waals surface area (Å²) in [4.78, 5) is 17.1. The number of anilines is 1. The Hall–Kier alpha value is -3.51. The van der Waals surface area contributed by atoms with Gasteiger partial charge in [0, 0.05) is 16.9 Å². The van der Waals surface area contributed by atoms with E-state index in [9.17, 15) is 4.79 Å². The largest absolute Gasteiger partial charge is 0.497 e. The smallest absolute Gasteiger partial charge is 0.234 e. The predicted molar refractivity (Wildman–Crippen MR) is 126 cm³/mol. The van der Waals surface area contributed by atoms with E-state index in [4.69, 9.17) is 4.74 Å². The number of carbonyl (C=O) groups is 1. The number of thioether (sulfide) groups is 1. The van der Waals surface area contributed by atoms with Crippen molar-refractivity contribution in [2.75, 3.05) is 18.2 Å². The molecule has 0 atom stereocenters. The minimum atomic E-state index is -0.0881. The van der Waals surface area contributed by atoms with Crippen molar-refractivity contribution < 1.29 is 9.53 Å². The van der Waals surface area contributed by atoms with Gasteiger partial charge in [-0.05, 0) is 43.3 Å². The molecule has 0 fully saturated rings. The fourth-order valence-corrected chi connectivity index (χ4v) is 3.99. The van der Waals surface area contributed by atoms with Gasteiger partial charge in [0.15, 0.2) is 5.16 Å². The second-order valence-corrected chi connectivity index (χ2v) is 7.97. The van der Waals surface area contributed by atoms with E-state index in [1.54, 1.807) is 7.11 Å². The average molecular weight is 430 g/mol. The van der Waals surface area contributed by atoms with Crippen molar-refractivity contribution in [3.05, 3.63) is 90.6 Å². The van der Waals surface area contributed by atoms with E-state index in [2.05, 4.69) is 58.2 Å². The third-order valence-corrected chi connectivity index (χ3v) is 5.75. The summed E-state index contributed by atoms with van der Waals surface area (Å²) < 4.78 is 7.25. The third kappa shape index (κ3) is 4.98. The number of ether oxygens (including phenoxy) is 1. The van der Waals surface area contributed by atoms with Gasteiger partial charge >= 0.3 is 0 Å². The van der Waals surface area contributed by atoms with Crippen LogP contribution in [0.2, 0.25) is 0 Å². The number of benzene rings is 3. The SMILES string of the molecule is COc1ccc(NC(=O)CSc2ncc(-c3ccccc3)n2-c2ccc(C)cc2)cc1. The van der Waals surface area contributed by atoms with Gasteiger partial charge in [-0.15, -0.1) is 0 Å². The Kier molecular flexibility index (Phi) is 6.38. The Morgan fingerprint density at radius 2 is 1.71 bits per heavy atom. The molecule has 0 aliphatic carbocycles. The number of carbonyl (C=O) groups excluding carboxylic acids is 1. The molecule has 0 spiro atoms. The highest BCUT2D eigenvalue weighted by Gasteiger charge is 2.15. The number of hydrogen-bond donors (Lipinski definition) is 1. The molecular formula is C25H23N3O2S. The number of aromatic nitrogens is 2. The number of aryl methyl sites for hydroxylation is 1. The van der Waals surface area contributed by atoms with Gasteiger partial charge in [0.05, 0.1) is 24.8 Å². The van der Waals surface area contributed by atoms with E-state index >= 15 is 0 Å². The molecule has 156 valence electrons. The summed E-state index contributed by atoms with van der Waals surface area (Å²) in [6.45, 7) is 2.06. The minimum absolute atomic E-state index is 0.0881. The van der Waals surface area contributed by atoms with Gasteiger partial charge < -0.3 is 10.1 Å². The summed E-state index contributed by atoms with van der Waals surface area (Å²) in [6, 6.07) is 25.7. The van der Waals surface area contributed by atoms with Gasteiger partial charge in [0.2, 0.25) is 5.91 Å². The summed E-state index contributed by atoms with van der Waals surface area (Å²) in [5.74, 6) is 0.916. The highest BCUT2D eigenvalue weighted by Crippen LogP contribution is 2.30.